The Morgan fingerprint density at radius 1 is 1.33 bits per heavy atom. The molecule has 0 saturated carbocycles. The monoisotopic (exact) mass is 251 g/mol. The Kier molecular flexibility index (Phi) is 5.13. The molecular weight excluding hydrogens is 226 g/mol. The summed E-state index contributed by atoms with van der Waals surface area (Å²) in [6.45, 7) is 9.80. The van der Waals surface area contributed by atoms with Crippen LogP contribution in [0.15, 0.2) is 6.33 Å². The summed E-state index contributed by atoms with van der Waals surface area (Å²) in [5, 5.41) is 11.8. The number of hydrogen-bond acceptors (Lipinski definition) is 4. The lowest BCUT2D eigenvalue weighted by Crippen LogP contribution is -2.44. The van der Waals surface area contributed by atoms with Gasteiger partial charge in [0.1, 0.15) is 12.2 Å². The fourth-order valence-corrected chi connectivity index (χ4v) is 2.54. The Morgan fingerprint density at radius 2 is 2.22 bits per heavy atom. The van der Waals surface area contributed by atoms with Crippen molar-refractivity contribution in [3.05, 3.63) is 12.2 Å². The summed E-state index contributed by atoms with van der Waals surface area (Å²) in [5.41, 5.74) is 0. The highest BCUT2D eigenvalue weighted by molar-refractivity contribution is 4.90. The van der Waals surface area contributed by atoms with Crippen molar-refractivity contribution in [3.63, 3.8) is 0 Å². The normalized spacial score (nSPS) is 17.7. The van der Waals surface area contributed by atoms with E-state index in [1.54, 1.807) is 0 Å². The SMILES string of the molecule is CCCNC(CCC)CN1CCn2cnnc2C1. The van der Waals surface area contributed by atoms with Gasteiger partial charge in [0, 0.05) is 25.7 Å². The number of nitrogens with zero attached hydrogens (tertiary/aromatic N) is 4. The molecule has 1 atom stereocenters. The molecule has 0 spiro atoms. The first-order chi connectivity index (χ1) is 8.83. The maximum atomic E-state index is 4.17. The lowest BCUT2D eigenvalue weighted by atomic mass is 10.1. The number of nitrogens with one attached hydrogen (secondary N) is 1. The van der Waals surface area contributed by atoms with E-state index in [-0.39, 0.29) is 0 Å². The molecular formula is C13H25N5. The zero-order valence-electron chi connectivity index (χ0n) is 11.6. The van der Waals surface area contributed by atoms with Gasteiger partial charge in [0.25, 0.3) is 0 Å². The highest BCUT2D eigenvalue weighted by atomic mass is 15.3. The van der Waals surface area contributed by atoms with Gasteiger partial charge in [-0.3, -0.25) is 4.90 Å². The smallest absolute Gasteiger partial charge is 0.147 e. The summed E-state index contributed by atoms with van der Waals surface area (Å²) in [5.74, 6) is 1.10. The Bertz CT molecular complexity index is 349. The van der Waals surface area contributed by atoms with Gasteiger partial charge in [-0.15, -0.1) is 10.2 Å². The van der Waals surface area contributed by atoms with Gasteiger partial charge in [-0.1, -0.05) is 20.3 Å². The minimum atomic E-state index is 0.615. The minimum absolute atomic E-state index is 0.615. The van der Waals surface area contributed by atoms with Crippen LogP contribution in [0, 0.1) is 0 Å². The Hall–Kier alpha value is -0.940. The van der Waals surface area contributed by atoms with Gasteiger partial charge in [0.05, 0.1) is 6.54 Å². The second-order valence-electron chi connectivity index (χ2n) is 5.12. The maximum Gasteiger partial charge on any atom is 0.147 e. The summed E-state index contributed by atoms with van der Waals surface area (Å²) in [6, 6.07) is 0.615. The van der Waals surface area contributed by atoms with Crippen molar-refractivity contribution in [3.8, 4) is 0 Å². The fraction of sp³-hybridized carbons (Fsp3) is 0.846. The molecule has 1 unspecified atom stereocenters. The van der Waals surface area contributed by atoms with Gasteiger partial charge in [-0.25, -0.2) is 0 Å². The van der Waals surface area contributed by atoms with E-state index in [1.807, 2.05) is 6.33 Å². The molecule has 2 heterocycles. The van der Waals surface area contributed by atoms with E-state index >= 15 is 0 Å². The molecule has 2 rings (SSSR count). The molecule has 1 aromatic heterocycles. The van der Waals surface area contributed by atoms with Gasteiger partial charge in [-0.2, -0.15) is 0 Å². The van der Waals surface area contributed by atoms with Gasteiger partial charge in [-0.05, 0) is 19.4 Å². The number of hydrogen-bond donors (Lipinski definition) is 1. The fourth-order valence-electron chi connectivity index (χ4n) is 2.54. The molecule has 0 amide bonds. The van der Waals surface area contributed by atoms with Crippen LogP contribution in [0.5, 0.6) is 0 Å². The van der Waals surface area contributed by atoms with Crippen LogP contribution >= 0.6 is 0 Å². The topological polar surface area (TPSA) is 46.0 Å². The summed E-state index contributed by atoms with van der Waals surface area (Å²) < 4.78 is 2.16. The number of rotatable bonds is 7. The molecule has 0 radical (unpaired) electrons. The average Bonchev–Trinajstić information content (AvgIpc) is 2.83. The molecule has 1 aliphatic heterocycles. The first-order valence-electron chi connectivity index (χ1n) is 7.16. The second kappa shape index (κ2) is 6.85. The van der Waals surface area contributed by atoms with Crippen LogP contribution in [0.1, 0.15) is 38.9 Å². The van der Waals surface area contributed by atoms with E-state index in [4.69, 9.17) is 0 Å². The Balaban J connectivity index is 1.84. The molecule has 5 heteroatoms. The van der Waals surface area contributed by atoms with Crippen LogP contribution in [0.3, 0.4) is 0 Å². The minimum Gasteiger partial charge on any atom is -0.315 e. The van der Waals surface area contributed by atoms with Crippen molar-refractivity contribution in [2.45, 2.75) is 52.2 Å². The van der Waals surface area contributed by atoms with Crippen LogP contribution < -0.4 is 5.32 Å². The van der Waals surface area contributed by atoms with Crippen molar-refractivity contribution in [2.75, 3.05) is 19.6 Å². The van der Waals surface area contributed by atoms with Crippen LogP contribution in [-0.4, -0.2) is 45.3 Å². The van der Waals surface area contributed by atoms with Crippen LogP contribution in [0.4, 0.5) is 0 Å². The largest absolute Gasteiger partial charge is 0.315 e. The molecule has 5 nitrogen and oxygen atoms in total. The molecule has 0 aliphatic carbocycles. The molecule has 1 aliphatic rings. The van der Waals surface area contributed by atoms with Crippen molar-refractivity contribution >= 4 is 0 Å². The molecule has 0 fully saturated rings. The zero-order chi connectivity index (χ0) is 12.8. The van der Waals surface area contributed by atoms with Crippen LogP contribution in [0.2, 0.25) is 0 Å². The Labute approximate surface area is 110 Å². The van der Waals surface area contributed by atoms with E-state index in [1.165, 1.54) is 19.3 Å². The summed E-state index contributed by atoms with van der Waals surface area (Å²) in [7, 11) is 0. The molecule has 0 bridgehead atoms. The predicted octanol–water partition coefficient (Wildman–Crippen LogP) is 1.26. The summed E-state index contributed by atoms with van der Waals surface area (Å²) in [6.07, 6.45) is 5.54. The summed E-state index contributed by atoms with van der Waals surface area (Å²) >= 11 is 0. The number of fused-ring (bicyclic) bond motifs is 1. The van der Waals surface area contributed by atoms with Crippen molar-refractivity contribution in [1.29, 1.82) is 0 Å². The molecule has 0 aromatic carbocycles. The second-order valence-corrected chi connectivity index (χ2v) is 5.12. The van der Waals surface area contributed by atoms with Gasteiger partial charge in [0.15, 0.2) is 0 Å². The highest BCUT2D eigenvalue weighted by Crippen LogP contribution is 2.10. The third-order valence-corrected chi connectivity index (χ3v) is 3.52. The third-order valence-electron chi connectivity index (χ3n) is 3.52. The highest BCUT2D eigenvalue weighted by Gasteiger charge is 2.19. The summed E-state index contributed by atoms with van der Waals surface area (Å²) in [4.78, 5) is 2.49. The van der Waals surface area contributed by atoms with Crippen LogP contribution in [0.25, 0.3) is 0 Å². The van der Waals surface area contributed by atoms with Gasteiger partial charge in [0.2, 0.25) is 0 Å². The maximum absolute atomic E-state index is 4.17. The number of aromatic nitrogens is 3. The van der Waals surface area contributed by atoms with E-state index in [9.17, 15) is 0 Å². The molecule has 0 saturated heterocycles. The first-order valence-corrected chi connectivity index (χ1v) is 7.16. The van der Waals surface area contributed by atoms with E-state index in [0.29, 0.717) is 6.04 Å². The molecule has 102 valence electrons. The van der Waals surface area contributed by atoms with Crippen LogP contribution in [-0.2, 0) is 13.1 Å². The van der Waals surface area contributed by atoms with Crippen molar-refractivity contribution in [1.82, 2.24) is 25.0 Å². The quantitative estimate of drug-likeness (QED) is 0.792. The lowest BCUT2D eigenvalue weighted by Gasteiger charge is -2.31. The zero-order valence-corrected chi connectivity index (χ0v) is 11.6. The average molecular weight is 251 g/mol. The standard InChI is InChI=1S/C13H25N5/c1-3-5-12(14-6-4-2)9-17-7-8-18-11-15-16-13(18)10-17/h11-12,14H,3-10H2,1-2H3. The van der Waals surface area contributed by atoms with E-state index in [0.717, 1.165) is 38.5 Å². The van der Waals surface area contributed by atoms with Gasteiger partial charge >= 0.3 is 0 Å². The first kappa shape index (κ1) is 13.5. The van der Waals surface area contributed by atoms with Gasteiger partial charge < -0.3 is 9.88 Å². The predicted molar refractivity (Wildman–Crippen MR) is 72.3 cm³/mol. The van der Waals surface area contributed by atoms with E-state index in [2.05, 4.69) is 38.8 Å². The Morgan fingerprint density at radius 3 is 3.00 bits per heavy atom. The lowest BCUT2D eigenvalue weighted by molar-refractivity contribution is 0.190. The molecule has 1 aromatic rings. The van der Waals surface area contributed by atoms with E-state index < -0.39 is 0 Å². The van der Waals surface area contributed by atoms with Crippen molar-refractivity contribution < 1.29 is 0 Å². The molecule has 18 heavy (non-hydrogen) atoms. The third kappa shape index (κ3) is 3.53. The van der Waals surface area contributed by atoms with Crippen molar-refractivity contribution in [2.24, 2.45) is 0 Å². The molecule has 1 N–H and O–H groups in total.